The van der Waals surface area contributed by atoms with E-state index in [9.17, 15) is 9.59 Å². The number of pyridine rings is 4. The Labute approximate surface area is 196 Å². The van der Waals surface area contributed by atoms with E-state index in [0.29, 0.717) is 35.6 Å². The molecule has 0 bridgehead atoms. The van der Waals surface area contributed by atoms with E-state index < -0.39 is 28.1 Å². The standard InChI is InChI=1S/2C11H9N2.2CH3NO.Zr/c2*1-3-7-12-10(5-1)9-11-6-2-4-8-13-11;2*2-1-3;/h2*1-9H;2*1H,(H2,2,3);/q;;;;+2/p-2. The summed E-state index contributed by atoms with van der Waals surface area (Å²) in [6, 6.07) is 22.4. The molecule has 0 aromatic carbocycles. The van der Waals surface area contributed by atoms with E-state index in [1.54, 1.807) is 24.8 Å². The molecule has 164 valence electrons. The van der Waals surface area contributed by atoms with Crippen LogP contribution in [0.2, 0.25) is 0 Å². The van der Waals surface area contributed by atoms with Crippen LogP contribution in [-0.2, 0) is 30.4 Å². The van der Waals surface area contributed by atoms with Crippen LogP contribution in [0.15, 0.2) is 97.6 Å². The normalized spacial score (nSPS) is 11.2. The molecule has 4 aromatic rings. The van der Waals surface area contributed by atoms with Gasteiger partial charge in [0.1, 0.15) is 0 Å². The number of carbonyl (C=O) groups excluding carboxylic acids is 2. The second-order valence-electron chi connectivity index (χ2n) is 7.28. The van der Waals surface area contributed by atoms with E-state index in [1.807, 2.05) is 72.8 Å². The molecule has 0 unspecified atom stereocenters. The Bertz CT molecular complexity index is 993. The number of hydrogen-bond acceptors (Lipinski definition) is 6. The first-order valence-electron chi connectivity index (χ1n) is 10.4. The molecule has 0 atom stereocenters. The monoisotopic (exact) mass is 516 g/mol. The van der Waals surface area contributed by atoms with E-state index in [2.05, 4.69) is 26.5 Å². The number of aromatic nitrogens is 4. The van der Waals surface area contributed by atoms with Crippen LogP contribution in [0.25, 0.3) is 0 Å². The van der Waals surface area contributed by atoms with Crippen LogP contribution < -0.4 is 6.52 Å². The summed E-state index contributed by atoms with van der Waals surface area (Å²) in [6.45, 7) is 0. The molecule has 0 aliphatic heterocycles. The van der Waals surface area contributed by atoms with Crippen molar-refractivity contribution in [2.75, 3.05) is 0 Å². The molecule has 9 heteroatoms. The van der Waals surface area contributed by atoms with Crippen molar-refractivity contribution in [1.29, 1.82) is 0 Å². The number of nitrogens with one attached hydrogen (secondary N) is 2. The Kier molecular flexibility index (Phi) is 7.42. The van der Waals surface area contributed by atoms with Gasteiger partial charge in [-0.1, -0.05) is 0 Å². The molecule has 4 heterocycles. The number of nitrogens with zero attached hydrogens (tertiary/aromatic N) is 4. The first-order valence-corrected chi connectivity index (χ1v) is 15.7. The Morgan fingerprint density at radius 3 is 1.06 bits per heavy atom. The maximum absolute atomic E-state index is 12.1. The van der Waals surface area contributed by atoms with Crippen molar-refractivity contribution in [2.45, 2.75) is 7.25 Å². The fourth-order valence-electron chi connectivity index (χ4n) is 4.16. The van der Waals surface area contributed by atoms with Crippen molar-refractivity contribution in [3.05, 3.63) is 120 Å². The molecule has 0 saturated carbocycles. The third kappa shape index (κ3) is 4.78. The van der Waals surface area contributed by atoms with Crippen LogP contribution in [0.5, 0.6) is 0 Å². The van der Waals surface area contributed by atoms with Gasteiger partial charge in [0, 0.05) is 0 Å². The van der Waals surface area contributed by atoms with Crippen molar-refractivity contribution in [3.8, 4) is 0 Å². The van der Waals surface area contributed by atoms with Crippen molar-refractivity contribution in [1.82, 2.24) is 26.5 Å². The number of hydrogen-bond donors (Lipinski definition) is 2. The first-order chi connectivity index (χ1) is 16.3. The van der Waals surface area contributed by atoms with Crippen molar-refractivity contribution in [3.63, 3.8) is 0 Å². The summed E-state index contributed by atoms with van der Waals surface area (Å²) in [7, 11) is 0. The molecular weight excluding hydrogens is 496 g/mol. The predicted octanol–water partition coefficient (Wildman–Crippen LogP) is 2.62. The molecule has 4 aromatic heterocycles. The van der Waals surface area contributed by atoms with Crippen molar-refractivity contribution >= 4 is 12.8 Å². The van der Waals surface area contributed by atoms with Crippen LogP contribution in [-0.4, -0.2) is 32.8 Å². The second kappa shape index (κ2) is 10.8. The molecule has 2 amide bonds. The fourth-order valence-corrected chi connectivity index (χ4v) is 14.0. The molecule has 0 spiro atoms. The summed E-state index contributed by atoms with van der Waals surface area (Å²) in [5.74, 6) is 0. The van der Waals surface area contributed by atoms with Gasteiger partial charge in [-0.2, -0.15) is 0 Å². The molecule has 0 saturated heterocycles. The van der Waals surface area contributed by atoms with Gasteiger partial charge in [-0.25, -0.2) is 0 Å². The van der Waals surface area contributed by atoms with E-state index in [0.717, 1.165) is 0 Å². The van der Waals surface area contributed by atoms with Gasteiger partial charge in [-0.05, 0) is 0 Å². The topological polar surface area (TPSA) is 110 Å². The minimum absolute atomic E-state index is 0.467. The van der Waals surface area contributed by atoms with Crippen LogP contribution in [0.4, 0.5) is 0 Å². The van der Waals surface area contributed by atoms with Crippen molar-refractivity contribution < 1.29 is 30.4 Å². The molecule has 0 aliphatic rings. The predicted molar refractivity (Wildman–Crippen MR) is 119 cm³/mol. The van der Waals surface area contributed by atoms with Gasteiger partial charge in [0.25, 0.3) is 0 Å². The maximum atomic E-state index is 12.1. The first kappa shape index (κ1) is 22.6. The molecule has 0 fully saturated rings. The van der Waals surface area contributed by atoms with Crippen LogP contribution in [0.1, 0.15) is 30.0 Å². The Balaban J connectivity index is 2.06. The molecule has 0 aliphatic carbocycles. The summed E-state index contributed by atoms with van der Waals surface area (Å²) < 4.78 is 5.30. The SMILES string of the molecule is O=C[NH][Zr]([NH]C=O)([CH](c1ccccn1)c1ccccn1)[CH](c1ccccn1)c1ccccn1. The number of carbonyl (C=O) groups is 2. The van der Waals surface area contributed by atoms with Gasteiger partial charge >= 0.3 is 197 Å². The average Bonchev–Trinajstić information content (AvgIpc) is 2.87. The van der Waals surface area contributed by atoms with E-state index in [4.69, 9.17) is 0 Å². The van der Waals surface area contributed by atoms with Gasteiger partial charge in [-0.3, -0.25) is 0 Å². The summed E-state index contributed by atoms with van der Waals surface area (Å²) in [4.78, 5) is 42.7. The zero-order valence-electron chi connectivity index (χ0n) is 17.7. The third-order valence-corrected chi connectivity index (χ3v) is 15.8. The van der Waals surface area contributed by atoms with Crippen LogP contribution >= 0.6 is 0 Å². The van der Waals surface area contributed by atoms with Crippen LogP contribution in [0.3, 0.4) is 0 Å². The van der Waals surface area contributed by atoms with Gasteiger partial charge in [-0.15, -0.1) is 0 Å². The number of amides is 2. The quantitative estimate of drug-likeness (QED) is 0.313. The molecule has 4 rings (SSSR count). The molecule has 33 heavy (non-hydrogen) atoms. The van der Waals surface area contributed by atoms with E-state index in [1.165, 1.54) is 0 Å². The van der Waals surface area contributed by atoms with Gasteiger partial charge in [0.2, 0.25) is 0 Å². The van der Waals surface area contributed by atoms with Crippen molar-refractivity contribution in [2.24, 2.45) is 0 Å². The Morgan fingerprint density at radius 2 is 0.848 bits per heavy atom. The van der Waals surface area contributed by atoms with Gasteiger partial charge in [0.15, 0.2) is 0 Å². The summed E-state index contributed by atoms with van der Waals surface area (Å²) in [6.07, 6.45) is 8.09. The van der Waals surface area contributed by atoms with Crippen LogP contribution in [0, 0.1) is 0 Å². The zero-order chi connectivity index (χ0) is 22.9. The minimum atomic E-state index is -4.56. The van der Waals surface area contributed by atoms with Gasteiger partial charge < -0.3 is 0 Å². The number of rotatable bonds is 10. The molecule has 0 radical (unpaired) electrons. The summed E-state index contributed by atoms with van der Waals surface area (Å²) in [5.41, 5.74) is 2.81. The molecular formula is C24H22N6O2Zr. The molecule has 2 N–H and O–H groups in total. The fraction of sp³-hybridized carbons (Fsp3) is 0.0833. The Hall–Kier alpha value is -3.58. The van der Waals surface area contributed by atoms with E-state index >= 15 is 0 Å². The average molecular weight is 518 g/mol. The van der Waals surface area contributed by atoms with Gasteiger partial charge in [0.05, 0.1) is 0 Å². The molecule has 8 nitrogen and oxygen atoms in total. The Morgan fingerprint density at radius 1 is 0.545 bits per heavy atom. The zero-order valence-corrected chi connectivity index (χ0v) is 20.1. The summed E-state index contributed by atoms with van der Waals surface area (Å²) in [5, 5.41) is 0. The van der Waals surface area contributed by atoms with E-state index in [-0.39, 0.29) is 0 Å². The second-order valence-corrected chi connectivity index (χ2v) is 15.8. The third-order valence-electron chi connectivity index (χ3n) is 5.44. The summed E-state index contributed by atoms with van der Waals surface area (Å²) >= 11 is -4.56.